The Morgan fingerprint density at radius 1 is 1.50 bits per heavy atom. The molecule has 0 aromatic heterocycles. The summed E-state index contributed by atoms with van der Waals surface area (Å²) in [5.74, 6) is 0. The number of nitrogens with two attached hydrogens (primary N) is 1. The molecule has 8 heavy (non-hydrogen) atoms. The minimum Gasteiger partial charge on any atom is -0.393 e. The molecule has 0 heterocycles. The quantitative estimate of drug-likeness (QED) is 0.468. The van der Waals surface area contributed by atoms with Crippen molar-refractivity contribution in [2.24, 2.45) is 5.73 Å². The van der Waals surface area contributed by atoms with Gasteiger partial charge in [-0.15, -0.1) is 0 Å². The highest BCUT2D eigenvalue weighted by Crippen LogP contribution is 2.14. The molecular formula is C6H12NO. The molecule has 0 spiro atoms. The van der Waals surface area contributed by atoms with E-state index in [9.17, 15) is 0 Å². The normalized spacial score (nSPS) is 39.8. The van der Waals surface area contributed by atoms with Gasteiger partial charge in [0.1, 0.15) is 0 Å². The van der Waals surface area contributed by atoms with Crippen molar-refractivity contribution in [1.29, 1.82) is 0 Å². The maximum Gasteiger partial charge on any atom is 0.0587 e. The van der Waals surface area contributed by atoms with Gasteiger partial charge in [0.25, 0.3) is 0 Å². The molecule has 1 aliphatic carbocycles. The third-order valence-corrected chi connectivity index (χ3v) is 1.51. The summed E-state index contributed by atoms with van der Waals surface area (Å²) in [4.78, 5) is 0. The van der Waals surface area contributed by atoms with Crippen molar-refractivity contribution < 1.29 is 5.11 Å². The van der Waals surface area contributed by atoms with Crippen LogP contribution in [0.15, 0.2) is 0 Å². The van der Waals surface area contributed by atoms with E-state index in [-0.39, 0.29) is 12.1 Å². The molecule has 2 nitrogen and oxygen atoms in total. The van der Waals surface area contributed by atoms with Gasteiger partial charge in [-0.3, -0.25) is 0 Å². The molecule has 0 bridgehead atoms. The Balaban J connectivity index is 2.23. The van der Waals surface area contributed by atoms with Crippen LogP contribution in [0.25, 0.3) is 0 Å². The van der Waals surface area contributed by atoms with Crippen LogP contribution in [0.2, 0.25) is 0 Å². The number of aliphatic hydroxyl groups is 1. The zero-order valence-electron chi connectivity index (χ0n) is 4.88. The van der Waals surface area contributed by atoms with Gasteiger partial charge in [-0.2, -0.15) is 0 Å². The molecule has 0 saturated heterocycles. The van der Waals surface area contributed by atoms with Gasteiger partial charge in [-0.25, -0.2) is 0 Å². The van der Waals surface area contributed by atoms with Gasteiger partial charge in [0.05, 0.1) is 6.10 Å². The number of hydrogen-bond acceptors (Lipinski definition) is 2. The summed E-state index contributed by atoms with van der Waals surface area (Å²) in [5, 5.41) is 8.94. The molecule has 2 unspecified atom stereocenters. The lowest BCUT2D eigenvalue weighted by molar-refractivity contribution is 0.167. The van der Waals surface area contributed by atoms with Gasteiger partial charge in [0.2, 0.25) is 0 Å². The fourth-order valence-electron chi connectivity index (χ4n) is 1.04. The van der Waals surface area contributed by atoms with Gasteiger partial charge in [0, 0.05) is 12.5 Å². The highest BCUT2D eigenvalue weighted by molar-refractivity contribution is 4.90. The van der Waals surface area contributed by atoms with Crippen molar-refractivity contribution in [3.63, 3.8) is 0 Å². The van der Waals surface area contributed by atoms with Crippen LogP contribution in [0.4, 0.5) is 0 Å². The van der Waals surface area contributed by atoms with E-state index in [1.54, 1.807) is 0 Å². The highest BCUT2D eigenvalue weighted by atomic mass is 16.3. The second-order valence-corrected chi connectivity index (χ2v) is 2.35. The Morgan fingerprint density at radius 2 is 2.25 bits per heavy atom. The second kappa shape index (κ2) is 2.46. The lowest BCUT2D eigenvalue weighted by atomic mass is 9.94. The van der Waals surface area contributed by atoms with Crippen LogP contribution >= 0.6 is 0 Å². The van der Waals surface area contributed by atoms with Gasteiger partial charge in [0.15, 0.2) is 0 Å². The topological polar surface area (TPSA) is 46.2 Å². The zero-order chi connectivity index (χ0) is 5.98. The average Bonchev–Trinajstić information content (AvgIpc) is 1.64. The van der Waals surface area contributed by atoms with Gasteiger partial charge in [-0.1, -0.05) is 0 Å². The number of rotatable bonds is 0. The van der Waals surface area contributed by atoms with Crippen molar-refractivity contribution in [3.05, 3.63) is 6.42 Å². The molecule has 2 heteroatoms. The van der Waals surface area contributed by atoms with E-state index in [0.29, 0.717) is 0 Å². The first kappa shape index (κ1) is 6.05. The molecule has 1 radical (unpaired) electrons. The molecule has 0 aliphatic heterocycles. The third-order valence-electron chi connectivity index (χ3n) is 1.51. The van der Waals surface area contributed by atoms with Crippen LogP contribution in [0.5, 0.6) is 0 Å². The van der Waals surface area contributed by atoms with E-state index in [2.05, 4.69) is 0 Å². The Hall–Kier alpha value is -0.0800. The molecular weight excluding hydrogens is 102 g/mol. The molecule has 3 N–H and O–H groups in total. The molecule has 1 rings (SSSR count). The number of aliphatic hydroxyl groups excluding tert-OH is 1. The smallest absolute Gasteiger partial charge is 0.0587 e. The van der Waals surface area contributed by atoms with Crippen molar-refractivity contribution in [3.8, 4) is 0 Å². The first-order valence-electron chi connectivity index (χ1n) is 3.07. The summed E-state index contributed by atoms with van der Waals surface area (Å²) in [7, 11) is 0. The fraction of sp³-hybridized carbons (Fsp3) is 0.833. The fourth-order valence-corrected chi connectivity index (χ4v) is 1.04. The zero-order valence-corrected chi connectivity index (χ0v) is 4.88. The molecule has 0 aromatic rings. The lowest BCUT2D eigenvalue weighted by Gasteiger charge is -2.21. The molecule has 0 aromatic carbocycles. The van der Waals surface area contributed by atoms with Crippen LogP contribution in [-0.2, 0) is 0 Å². The van der Waals surface area contributed by atoms with Crippen LogP contribution in [0.3, 0.4) is 0 Å². The Kier molecular flexibility index (Phi) is 1.86. The molecule has 47 valence electrons. The minimum atomic E-state index is -0.237. The summed E-state index contributed by atoms with van der Waals surface area (Å²) in [5.41, 5.74) is 5.51. The molecule has 0 amide bonds. The van der Waals surface area contributed by atoms with Crippen LogP contribution in [0, 0.1) is 6.42 Å². The van der Waals surface area contributed by atoms with Crippen molar-refractivity contribution in [1.82, 2.24) is 0 Å². The van der Waals surface area contributed by atoms with E-state index in [4.69, 9.17) is 10.8 Å². The maximum atomic E-state index is 8.94. The minimum absolute atomic E-state index is 0.138. The summed E-state index contributed by atoms with van der Waals surface area (Å²) in [6, 6.07) is 0.138. The summed E-state index contributed by atoms with van der Waals surface area (Å²) >= 11 is 0. The molecule has 1 saturated carbocycles. The van der Waals surface area contributed by atoms with E-state index >= 15 is 0 Å². The lowest BCUT2D eigenvalue weighted by Crippen LogP contribution is -2.31. The van der Waals surface area contributed by atoms with Crippen molar-refractivity contribution in [2.75, 3.05) is 0 Å². The maximum absolute atomic E-state index is 8.94. The average molecular weight is 114 g/mol. The van der Waals surface area contributed by atoms with Gasteiger partial charge < -0.3 is 10.8 Å². The SMILES string of the molecule is NC1[CH]C(O)CCC1. The standard InChI is InChI=1S/C6H12NO/c7-5-2-1-3-6(8)4-5/h4-6,8H,1-3,7H2. The first-order valence-corrected chi connectivity index (χ1v) is 3.07. The van der Waals surface area contributed by atoms with Gasteiger partial charge in [-0.05, 0) is 19.3 Å². The Morgan fingerprint density at radius 3 is 2.62 bits per heavy atom. The predicted octanol–water partition coefficient (Wildman–Crippen LogP) is 0.0628. The van der Waals surface area contributed by atoms with E-state index < -0.39 is 0 Å². The summed E-state index contributed by atoms with van der Waals surface area (Å²) < 4.78 is 0. The Bertz CT molecular complexity index is 66.9. The molecule has 1 aliphatic rings. The first-order chi connectivity index (χ1) is 3.79. The highest BCUT2D eigenvalue weighted by Gasteiger charge is 2.15. The van der Waals surface area contributed by atoms with Crippen LogP contribution < -0.4 is 5.73 Å². The number of hydrogen-bond donors (Lipinski definition) is 2. The monoisotopic (exact) mass is 114 g/mol. The summed E-state index contributed by atoms with van der Waals surface area (Å²) in [6.45, 7) is 0. The van der Waals surface area contributed by atoms with E-state index in [1.807, 2.05) is 6.42 Å². The summed E-state index contributed by atoms with van der Waals surface area (Å²) in [6.07, 6.45) is 4.58. The van der Waals surface area contributed by atoms with E-state index in [1.165, 1.54) is 0 Å². The van der Waals surface area contributed by atoms with Crippen LogP contribution in [-0.4, -0.2) is 17.3 Å². The molecule has 1 fully saturated rings. The van der Waals surface area contributed by atoms with Gasteiger partial charge >= 0.3 is 0 Å². The van der Waals surface area contributed by atoms with Crippen molar-refractivity contribution >= 4 is 0 Å². The molecule has 2 atom stereocenters. The van der Waals surface area contributed by atoms with Crippen LogP contribution in [0.1, 0.15) is 19.3 Å². The predicted molar refractivity (Wildman–Crippen MR) is 32.1 cm³/mol. The third kappa shape index (κ3) is 1.46. The largest absolute Gasteiger partial charge is 0.393 e. The second-order valence-electron chi connectivity index (χ2n) is 2.35. The van der Waals surface area contributed by atoms with Crippen molar-refractivity contribution in [2.45, 2.75) is 31.4 Å². The Labute approximate surface area is 49.7 Å². The van der Waals surface area contributed by atoms with E-state index in [0.717, 1.165) is 19.3 Å².